The Bertz CT molecular complexity index is 784. The highest BCUT2D eigenvalue weighted by Crippen LogP contribution is 2.23. The van der Waals surface area contributed by atoms with E-state index in [9.17, 15) is 19.7 Å². The molecule has 0 aliphatic rings. The number of benzene rings is 1. The molecule has 2 aromatic rings. The van der Waals surface area contributed by atoms with Gasteiger partial charge in [0, 0.05) is 28.9 Å². The Labute approximate surface area is 123 Å². The molecule has 1 aromatic carbocycles. The number of pyridine rings is 1. The van der Waals surface area contributed by atoms with Gasteiger partial charge in [0.25, 0.3) is 11.2 Å². The average molecular weight is 309 g/mol. The second-order valence-electron chi connectivity index (χ2n) is 4.22. The van der Waals surface area contributed by atoms with Gasteiger partial charge < -0.3 is 9.67 Å². The Morgan fingerprint density at radius 3 is 2.67 bits per heavy atom. The quantitative estimate of drug-likeness (QED) is 0.688. The molecule has 0 unspecified atom stereocenters. The highest BCUT2D eigenvalue weighted by molar-refractivity contribution is 6.30. The van der Waals surface area contributed by atoms with Crippen LogP contribution in [0.2, 0.25) is 5.02 Å². The van der Waals surface area contributed by atoms with Gasteiger partial charge in [-0.05, 0) is 18.2 Å². The lowest BCUT2D eigenvalue weighted by Crippen LogP contribution is -2.21. The van der Waals surface area contributed by atoms with Crippen molar-refractivity contribution in [1.82, 2.24) is 4.57 Å². The molecule has 0 saturated heterocycles. The minimum absolute atomic E-state index is 0.0776. The molecule has 2 rings (SSSR count). The molecule has 0 aliphatic heterocycles. The molecule has 0 amide bonds. The van der Waals surface area contributed by atoms with Crippen molar-refractivity contribution in [1.29, 1.82) is 0 Å². The van der Waals surface area contributed by atoms with Crippen molar-refractivity contribution in [2.24, 2.45) is 0 Å². The van der Waals surface area contributed by atoms with Crippen LogP contribution in [-0.2, 0) is 6.54 Å². The zero-order valence-electron chi connectivity index (χ0n) is 10.5. The maximum Gasteiger partial charge on any atom is 0.337 e. The molecule has 1 N–H and O–H groups in total. The van der Waals surface area contributed by atoms with E-state index in [1.165, 1.54) is 24.3 Å². The average Bonchev–Trinajstić information content (AvgIpc) is 2.42. The molecule has 1 heterocycles. The van der Waals surface area contributed by atoms with Crippen LogP contribution in [0.15, 0.2) is 41.3 Å². The topological polar surface area (TPSA) is 102 Å². The lowest BCUT2D eigenvalue weighted by atomic mass is 10.1. The molecule has 0 aliphatic carbocycles. The van der Waals surface area contributed by atoms with E-state index in [0.717, 1.165) is 16.8 Å². The number of nitro benzene ring substituents is 1. The van der Waals surface area contributed by atoms with Gasteiger partial charge in [-0.2, -0.15) is 0 Å². The number of carboxylic acid groups (broad SMARTS) is 1. The van der Waals surface area contributed by atoms with Gasteiger partial charge in [0.15, 0.2) is 0 Å². The fourth-order valence-corrected chi connectivity index (χ4v) is 1.97. The molecule has 7 nitrogen and oxygen atoms in total. The number of nitrogens with zero attached hydrogens (tertiary/aromatic N) is 2. The standard InChI is InChI=1S/C13H9ClN2O5/c14-10-3-1-8(11(5-10)16(20)21)6-15-7-9(13(18)19)2-4-12(15)17/h1-5,7H,6H2,(H,18,19). The summed E-state index contributed by atoms with van der Waals surface area (Å²) in [7, 11) is 0. The van der Waals surface area contributed by atoms with E-state index in [-0.39, 0.29) is 28.4 Å². The number of nitro groups is 1. The van der Waals surface area contributed by atoms with Crippen LogP contribution in [0.25, 0.3) is 0 Å². The first-order valence-corrected chi connectivity index (χ1v) is 6.13. The largest absolute Gasteiger partial charge is 0.478 e. The molecule has 0 radical (unpaired) electrons. The van der Waals surface area contributed by atoms with E-state index in [4.69, 9.17) is 16.7 Å². The van der Waals surface area contributed by atoms with Crippen molar-refractivity contribution in [2.75, 3.05) is 0 Å². The van der Waals surface area contributed by atoms with Crippen LogP contribution in [0, 0.1) is 10.1 Å². The van der Waals surface area contributed by atoms with E-state index in [1.807, 2.05) is 0 Å². The molecule has 21 heavy (non-hydrogen) atoms. The summed E-state index contributed by atoms with van der Waals surface area (Å²) in [6.07, 6.45) is 1.14. The zero-order chi connectivity index (χ0) is 15.6. The minimum atomic E-state index is -1.19. The van der Waals surface area contributed by atoms with Crippen LogP contribution in [-0.4, -0.2) is 20.6 Å². The van der Waals surface area contributed by atoms with Crippen molar-refractivity contribution in [2.45, 2.75) is 6.54 Å². The van der Waals surface area contributed by atoms with Gasteiger partial charge in [0.05, 0.1) is 17.0 Å². The Morgan fingerprint density at radius 2 is 2.05 bits per heavy atom. The van der Waals surface area contributed by atoms with Crippen molar-refractivity contribution < 1.29 is 14.8 Å². The number of hydrogen-bond acceptors (Lipinski definition) is 4. The van der Waals surface area contributed by atoms with Gasteiger partial charge in [-0.3, -0.25) is 14.9 Å². The number of hydrogen-bond donors (Lipinski definition) is 1. The van der Waals surface area contributed by atoms with Gasteiger partial charge in [-0.25, -0.2) is 4.79 Å². The lowest BCUT2D eigenvalue weighted by molar-refractivity contribution is -0.385. The van der Waals surface area contributed by atoms with Crippen molar-refractivity contribution >= 4 is 23.3 Å². The SMILES string of the molecule is O=C(O)c1ccc(=O)n(Cc2ccc(Cl)cc2[N+](=O)[O-])c1. The van der Waals surface area contributed by atoms with Crippen LogP contribution >= 0.6 is 11.6 Å². The van der Waals surface area contributed by atoms with Crippen LogP contribution in [0.5, 0.6) is 0 Å². The van der Waals surface area contributed by atoms with Crippen molar-refractivity contribution in [3.63, 3.8) is 0 Å². The third-order valence-corrected chi connectivity index (χ3v) is 3.05. The van der Waals surface area contributed by atoms with Gasteiger partial charge in [-0.1, -0.05) is 11.6 Å². The minimum Gasteiger partial charge on any atom is -0.478 e. The number of aromatic carboxylic acids is 1. The molecular formula is C13H9ClN2O5. The summed E-state index contributed by atoms with van der Waals surface area (Å²) in [4.78, 5) is 33.0. The zero-order valence-corrected chi connectivity index (χ0v) is 11.3. The molecule has 0 atom stereocenters. The van der Waals surface area contributed by atoms with Crippen LogP contribution in [0.4, 0.5) is 5.69 Å². The molecule has 0 saturated carbocycles. The summed E-state index contributed by atoms with van der Waals surface area (Å²) in [6, 6.07) is 6.36. The molecule has 0 spiro atoms. The van der Waals surface area contributed by atoms with Gasteiger partial charge in [0.1, 0.15) is 0 Å². The summed E-state index contributed by atoms with van der Waals surface area (Å²) < 4.78 is 1.10. The maximum absolute atomic E-state index is 11.7. The first-order chi connectivity index (χ1) is 9.88. The molecular weight excluding hydrogens is 300 g/mol. The predicted octanol–water partition coefficient (Wildman–Crippen LogP) is 2.16. The molecule has 1 aromatic heterocycles. The molecule has 108 valence electrons. The fourth-order valence-electron chi connectivity index (χ4n) is 1.81. The summed E-state index contributed by atoms with van der Waals surface area (Å²) in [6.45, 7) is -0.118. The van der Waals surface area contributed by atoms with Gasteiger partial charge >= 0.3 is 5.97 Å². The van der Waals surface area contributed by atoms with Gasteiger partial charge in [-0.15, -0.1) is 0 Å². The van der Waals surface area contributed by atoms with E-state index in [2.05, 4.69) is 0 Å². The lowest BCUT2D eigenvalue weighted by Gasteiger charge is -2.07. The van der Waals surface area contributed by atoms with Crippen LogP contribution < -0.4 is 5.56 Å². The number of carbonyl (C=O) groups is 1. The Balaban J connectivity index is 2.48. The van der Waals surface area contributed by atoms with Crippen LogP contribution in [0.3, 0.4) is 0 Å². The Kier molecular flexibility index (Phi) is 4.04. The summed E-state index contributed by atoms with van der Waals surface area (Å²) in [5, 5.41) is 20.1. The second kappa shape index (κ2) is 5.76. The summed E-state index contributed by atoms with van der Waals surface area (Å²) in [5.41, 5.74) is -0.500. The first kappa shape index (κ1) is 14.7. The van der Waals surface area contributed by atoms with Gasteiger partial charge in [0.2, 0.25) is 0 Å². The van der Waals surface area contributed by atoms with Crippen molar-refractivity contribution in [3.8, 4) is 0 Å². The number of carboxylic acids is 1. The molecule has 8 heteroatoms. The second-order valence-corrected chi connectivity index (χ2v) is 4.66. The fraction of sp³-hybridized carbons (Fsp3) is 0.0769. The number of aromatic nitrogens is 1. The highest BCUT2D eigenvalue weighted by atomic mass is 35.5. The summed E-state index contributed by atoms with van der Waals surface area (Å²) >= 11 is 5.71. The number of rotatable bonds is 4. The number of halogens is 1. The van der Waals surface area contributed by atoms with Crippen molar-refractivity contribution in [3.05, 3.63) is 73.1 Å². The monoisotopic (exact) mass is 308 g/mol. The Morgan fingerprint density at radius 1 is 1.33 bits per heavy atom. The van der Waals surface area contributed by atoms with E-state index >= 15 is 0 Å². The summed E-state index contributed by atoms with van der Waals surface area (Å²) in [5.74, 6) is -1.19. The Hall–Kier alpha value is -2.67. The van der Waals surface area contributed by atoms with E-state index in [0.29, 0.717) is 0 Å². The van der Waals surface area contributed by atoms with E-state index < -0.39 is 16.5 Å². The highest BCUT2D eigenvalue weighted by Gasteiger charge is 2.15. The van der Waals surface area contributed by atoms with E-state index in [1.54, 1.807) is 0 Å². The maximum atomic E-state index is 11.7. The third kappa shape index (κ3) is 3.26. The first-order valence-electron chi connectivity index (χ1n) is 5.75. The third-order valence-electron chi connectivity index (χ3n) is 2.82. The normalized spacial score (nSPS) is 10.3. The molecule has 0 bridgehead atoms. The molecule has 0 fully saturated rings. The smallest absolute Gasteiger partial charge is 0.337 e. The predicted molar refractivity (Wildman–Crippen MR) is 74.9 cm³/mol. The van der Waals surface area contributed by atoms with Crippen LogP contribution in [0.1, 0.15) is 15.9 Å².